The minimum absolute atomic E-state index is 0.0386. The molecule has 2 fully saturated rings. The van der Waals surface area contributed by atoms with Crippen LogP contribution in [-0.2, 0) is 14.0 Å². The van der Waals surface area contributed by atoms with E-state index in [1.165, 1.54) is 4.90 Å². The lowest BCUT2D eigenvalue weighted by atomic mass is 9.91. The van der Waals surface area contributed by atoms with E-state index >= 15 is 0 Å². The molecule has 0 radical (unpaired) electrons. The molecule has 0 aromatic carbocycles. The molecule has 180 valence electrons. The normalized spacial score (nSPS) is 23.8. The van der Waals surface area contributed by atoms with Gasteiger partial charge in [0.25, 0.3) is 0 Å². The molecule has 2 aliphatic rings. The number of nitrogens with zero attached hydrogens (tertiary/aromatic N) is 2. The highest BCUT2D eigenvalue weighted by Gasteiger charge is 2.47. The van der Waals surface area contributed by atoms with Gasteiger partial charge in [-0.05, 0) is 63.1 Å². The fourth-order valence-corrected chi connectivity index (χ4v) is 11.4. The van der Waals surface area contributed by atoms with Crippen molar-refractivity contribution in [1.82, 2.24) is 9.80 Å². The van der Waals surface area contributed by atoms with Crippen molar-refractivity contribution in [2.45, 2.75) is 122 Å². The number of hydrogen-bond donors (Lipinski definition) is 0. The van der Waals surface area contributed by atoms with Gasteiger partial charge in [0.1, 0.15) is 12.1 Å². The molecular weight excluding hydrogens is 408 g/mol. The fraction of sp³-hybridized carbons (Fsp3) is 0.917. The summed E-state index contributed by atoms with van der Waals surface area (Å²) in [5.41, 5.74) is 1.23. The second-order valence-corrected chi connectivity index (χ2v) is 16.8. The zero-order valence-electron chi connectivity index (χ0n) is 21.4. The maximum absolute atomic E-state index is 12.8. The average Bonchev–Trinajstić information content (AvgIpc) is 2.64. The Morgan fingerprint density at radius 1 is 0.935 bits per heavy atom. The topological polar surface area (TPSA) is 59.1 Å². The van der Waals surface area contributed by atoms with Crippen molar-refractivity contribution in [3.63, 3.8) is 0 Å². The molecule has 6 nitrogen and oxygen atoms in total. The van der Waals surface area contributed by atoms with E-state index in [4.69, 9.17) is 9.16 Å². The third-order valence-electron chi connectivity index (χ3n) is 7.07. The van der Waals surface area contributed by atoms with Gasteiger partial charge in [0.15, 0.2) is 0 Å². The Balaban J connectivity index is 1.92. The molecule has 1 aliphatic carbocycles. The van der Waals surface area contributed by atoms with Crippen LogP contribution in [0.15, 0.2) is 0 Å². The minimum atomic E-state index is -1.87. The van der Waals surface area contributed by atoms with Crippen molar-refractivity contribution in [1.29, 1.82) is 0 Å². The van der Waals surface area contributed by atoms with Crippen molar-refractivity contribution in [2.24, 2.45) is 0 Å². The third kappa shape index (κ3) is 6.25. The van der Waals surface area contributed by atoms with Crippen molar-refractivity contribution >= 4 is 20.3 Å². The number of rotatable bonds is 6. The van der Waals surface area contributed by atoms with Crippen LogP contribution in [0.1, 0.15) is 88.0 Å². The van der Waals surface area contributed by atoms with Crippen molar-refractivity contribution in [2.75, 3.05) is 19.6 Å². The summed E-state index contributed by atoms with van der Waals surface area (Å²) in [5.74, 6) is 0.0386. The first-order chi connectivity index (χ1) is 14.3. The zero-order valence-corrected chi connectivity index (χ0v) is 22.4. The summed E-state index contributed by atoms with van der Waals surface area (Å²) in [5, 5.41) is 0. The molecule has 0 atom stereocenters. The van der Waals surface area contributed by atoms with Crippen LogP contribution >= 0.6 is 0 Å². The molecular formula is C24H46N2O4Si. The van der Waals surface area contributed by atoms with Crippen molar-refractivity contribution < 1.29 is 18.8 Å². The highest BCUT2D eigenvalue weighted by atomic mass is 28.4. The Morgan fingerprint density at radius 3 is 1.87 bits per heavy atom. The smallest absolute Gasteiger partial charge is 0.410 e. The van der Waals surface area contributed by atoms with E-state index in [9.17, 15) is 9.59 Å². The molecule has 1 saturated heterocycles. The van der Waals surface area contributed by atoms with Crippen LogP contribution < -0.4 is 0 Å². The summed E-state index contributed by atoms with van der Waals surface area (Å²) in [6.07, 6.45) is 3.93. The third-order valence-corrected chi connectivity index (χ3v) is 13.2. The highest BCUT2D eigenvalue weighted by molar-refractivity contribution is 6.77. The molecule has 2 amide bonds. The van der Waals surface area contributed by atoms with Gasteiger partial charge >= 0.3 is 6.09 Å². The van der Waals surface area contributed by atoms with Gasteiger partial charge in [0.05, 0.1) is 0 Å². The molecule has 0 aromatic heterocycles. The lowest BCUT2D eigenvalue weighted by Crippen LogP contribution is -2.57. The summed E-state index contributed by atoms with van der Waals surface area (Å²) in [7, 11) is -1.87. The Labute approximate surface area is 191 Å². The van der Waals surface area contributed by atoms with Crippen LogP contribution in [0.5, 0.6) is 0 Å². The lowest BCUT2D eigenvalue weighted by Gasteiger charge is -2.47. The second kappa shape index (κ2) is 10.2. The van der Waals surface area contributed by atoms with Gasteiger partial charge in [-0.25, -0.2) is 4.79 Å². The van der Waals surface area contributed by atoms with Gasteiger partial charge in [0.2, 0.25) is 14.2 Å². The Hall–Kier alpha value is -1.08. The Morgan fingerprint density at radius 2 is 1.45 bits per heavy atom. The molecule has 0 aromatic rings. The molecule has 0 N–H and O–H groups in total. The van der Waals surface area contributed by atoms with Crippen molar-refractivity contribution in [3.05, 3.63) is 0 Å². The molecule has 0 spiro atoms. The predicted octanol–water partition coefficient (Wildman–Crippen LogP) is 5.57. The maximum Gasteiger partial charge on any atom is 0.410 e. The summed E-state index contributed by atoms with van der Waals surface area (Å²) >= 11 is 0. The molecule has 2 rings (SSSR count). The summed E-state index contributed by atoms with van der Waals surface area (Å²) < 4.78 is 12.4. The Bertz CT molecular complexity index is 600. The molecule has 0 bridgehead atoms. The van der Waals surface area contributed by atoms with Gasteiger partial charge in [-0.1, -0.05) is 41.5 Å². The molecule has 31 heavy (non-hydrogen) atoms. The zero-order chi connectivity index (χ0) is 23.6. The van der Waals surface area contributed by atoms with Crippen LogP contribution in [-0.4, -0.2) is 67.5 Å². The quantitative estimate of drug-likeness (QED) is 0.492. The van der Waals surface area contributed by atoms with Gasteiger partial charge in [-0.2, -0.15) is 0 Å². The first-order valence-electron chi connectivity index (χ1n) is 12.2. The van der Waals surface area contributed by atoms with Crippen LogP contribution in [0, 0.1) is 0 Å². The Kier molecular flexibility index (Phi) is 8.64. The standard InChI is InChI=1S/C24H46N2O4Si/c1-17(2)31(18(3)4,19(5)6)30-21-12-10-20(11-13-21)26-15-14-25(16-22(26)27)23(28)29-24(7,8)9/h17-21H,10-16H2,1-9H3/t20-,21-. The van der Waals surface area contributed by atoms with E-state index in [1.807, 2.05) is 25.7 Å². The van der Waals surface area contributed by atoms with Gasteiger partial charge in [-0.3, -0.25) is 9.69 Å². The number of piperazine rings is 1. The number of hydrogen-bond acceptors (Lipinski definition) is 4. The van der Waals surface area contributed by atoms with Crippen molar-refractivity contribution in [3.8, 4) is 0 Å². The van der Waals surface area contributed by atoms with E-state index in [2.05, 4.69) is 41.5 Å². The number of carbonyl (C=O) groups is 2. The first-order valence-corrected chi connectivity index (χ1v) is 14.4. The van der Waals surface area contributed by atoms with Crippen LogP contribution in [0.2, 0.25) is 16.6 Å². The summed E-state index contributed by atoms with van der Waals surface area (Å²) in [6.45, 7) is 20.8. The molecule has 1 saturated carbocycles. The number of amides is 2. The first kappa shape index (κ1) is 26.2. The highest BCUT2D eigenvalue weighted by Crippen LogP contribution is 2.44. The second-order valence-electron chi connectivity index (χ2n) is 11.4. The van der Waals surface area contributed by atoms with Gasteiger partial charge < -0.3 is 14.1 Å². The van der Waals surface area contributed by atoms with E-state index in [1.54, 1.807) is 0 Å². The fourth-order valence-electron chi connectivity index (χ4n) is 5.73. The summed E-state index contributed by atoms with van der Waals surface area (Å²) in [6, 6.07) is 0.265. The molecule has 0 unspecified atom stereocenters. The number of ether oxygens (including phenoxy) is 1. The van der Waals surface area contributed by atoms with E-state index in [0.717, 1.165) is 25.7 Å². The maximum atomic E-state index is 12.8. The van der Waals surface area contributed by atoms with Crippen LogP contribution in [0.4, 0.5) is 4.79 Å². The molecule has 7 heteroatoms. The molecule has 1 heterocycles. The van der Waals surface area contributed by atoms with E-state index < -0.39 is 20.0 Å². The largest absolute Gasteiger partial charge is 0.444 e. The average molecular weight is 455 g/mol. The monoisotopic (exact) mass is 454 g/mol. The SMILES string of the molecule is CC(C)[Si](O[C@H]1CC[C@H](N2CCN(C(=O)OC(C)(C)C)CC2=O)CC1)(C(C)C)C(C)C. The summed E-state index contributed by atoms with van der Waals surface area (Å²) in [4.78, 5) is 28.6. The van der Waals surface area contributed by atoms with E-state index in [0.29, 0.717) is 35.8 Å². The lowest BCUT2D eigenvalue weighted by molar-refractivity contribution is -0.139. The number of carbonyl (C=O) groups excluding carboxylic acids is 2. The molecule has 1 aliphatic heterocycles. The minimum Gasteiger partial charge on any atom is -0.444 e. The van der Waals surface area contributed by atoms with Gasteiger partial charge in [-0.15, -0.1) is 0 Å². The predicted molar refractivity (Wildman–Crippen MR) is 128 cm³/mol. The van der Waals surface area contributed by atoms with Crippen LogP contribution in [0.3, 0.4) is 0 Å². The van der Waals surface area contributed by atoms with E-state index in [-0.39, 0.29) is 18.5 Å². The van der Waals surface area contributed by atoms with Gasteiger partial charge in [0, 0.05) is 25.2 Å². The van der Waals surface area contributed by atoms with Crippen LogP contribution in [0.25, 0.3) is 0 Å².